The lowest BCUT2D eigenvalue weighted by atomic mass is 10.1. The average Bonchev–Trinajstić information content (AvgIpc) is 3.52. The Hall–Kier alpha value is -3.43. The summed E-state index contributed by atoms with van der Waals surface area (Å²) in [4.78, 5) is 53.1. The van der Waals surface area contributed by atoms with Crippen molar-refractivity contribution in [2.45, 2.75) is 17.9 Å². The first-order chi connectivity index (χ1) is 19.2. The number of carbonyl (C=O) groups excluding carboxylic acids is 1. The molecule has 0 atom stereocenters. The molecule has 0 spiro atoms. The lowest BCUT2D eigenvalue weighted by Crippen LogP contribution is -2.36. The molecule has 1 amide bonds. The number of rotatable bonds is 8. The topological polar surface area (TPSA) is 140 Å². The van der Waals surface area contributed by atoms with Crippen LogP contribution in [-0.2, 0) is 20.9 Å². The van der Waals surface area contributed by atoms with Crippen LogP contribution in [-0.4, -0.2) is 66.6 Å². The van der Waals surface area contributed by atoms with Gasteiger partial charge in [-0.1, -0.05) is 66.1 Å². The van der Waals surface area contributed by atoms with E-state index in [0.29, 0.717) is 13.0 Å². The van der Waals surface area contributed by atoms with E-state index in [9.17, 15) is 29.4 Å². The fraction of sp³-hybridized carbons (Fsp3) is 0.192. The molecular weight excluding hydrogens is 595 g/mol. The van der Waals surface area contributed by atoms with Crippen molar-refractivity contribution in [2.75, 3.05) is 24.6 Å². The van der Waals surface area contributed by atoms with Crippen molar-refractivity contribution < 1.29 is 29.7 Å². The highest BCUT2D eigenvalue weighted by Crippen LogP contribution is 2.49. The minimum absolute atomic E-state index is 0.0114. The van der Waals surface area contributed by atoms with Crippen LogP contribution in [0.4, 0.5) is 5.69 Å². The van der Waals surface area contributed by atoms with Gasteiger partial charge in [0.05, 0.1) is 15.2 Å². The van der Waals surface area contributed by atoms with E-state index < -0.39 is 36.5 Å². The third-order valence-electron chi connectivity index (χ3n) is 6.07. The molecule has 0 saturated carbocycles. The van der Waals surface area contributed by atoms with E-state index in [1.54, 1.807) is 12.2 Å². The molecule has 1 fully saturated rings. The minimum atomic E-state index is -1.27. The Morgan fingerprint density at radius 2 is 1.70 bits per heavy atom. The van der Waals surface area contributed by atoms with Crippen LogP contribution in [0.15, 0.2) is 57.2 Å². The van der Waals surface area contributed by atoms with Crippen molar-refractivity contribution in [3.8, 4) is 0 Å². The number of aliphatic carboxylic acids is 2. The van der Waals surface area contributed by atoms with E-state index in [4.69, 9.17) is 17.3 Å². The van der Waals surface area contributed by atoms with Crippen LogP contribution in [0, 0.1) is 0 Å². The molecule has 40 heavy (non-hydrogen) atoms. The maximum absolute atomic E-state index is 13.3. The summed E-state index contributed by atoms with van der Waals surface area (Å²) < 4.78 is 1.33. The number of aliphatic hydroxyl groups excluding tert-OH is 1. The highest BCUT2D eigenvalue weighted by Gasteiger charge is 2.35. The Balaban J connectivity index is 1.63. The first kappa shape index (κ1) is 28.1. The number of anilines is 1. The second-order valence-electron chi connectivity index (χ2n) is 8.67. The predicted octanol–water partition coefficient (Wildman–Crippen LogP) is 1.82. The predicted molar refractivity (Wildman–Crippen MR) is 160 cm³/mol. The summed E-state index contributed by atoms with van der Waals surface area (Å²) in [7, 11) is 0. The molecule has 2 aliphatic heterocycles. The number of nitrogens with zero attached hydrogens (tertiary/aromatic N) is 3. The molecule has 3 aromatic rings. The van der Waals surface area contributed by atoms with Crippen LogP contribution in [0.3, 0.4) is 0 Å². The quantitative estimate of drug-likeness (QED) is 0.320. The largest absolute Gasteiger partial charge is 0.480 e. The van der Waals surface area contributed by atoms with E-state index >= 15 is 0 Å². The number of allylic oxidation sites excluding steroid dienone is 1. The highest BCUT2D eigenvalue weighted by atomic mass is 32.2. The van der Waals surface area contributed by atoms with Gasteiger partial charge in [-0.15, -0.1) is 11.3 Å². The third kappa shape index (κ3) is 5.32. The van der Waals surface area contributed by atoms with Crippen molar-refractivity contribution in [3.05, 3.63) is 67.1 Å². The number of amides is 1. The number of thioether (sulfide) groups is 2. The highest BCUT2D eigenvalue weighted by molar-refractivity contribution is 8.30. The molecule has 1 aromatic heterocycles. The third-order valence-corrected chi connectivity index (χ3v) is 9.90. The Labute approximate surface area is 244 Å². The number of benzene rings is 2. The molecule has 1 saturated heterocycles. The minimum Gasteiger partial charge on any atom is -0.480 e. The number of aliphatic hydroxyl groups is 1. The van der Waals surface area contributed by atoms with Gasteiger partial charge in [-0.25, -0.2) is 0 Å². The number of hydrogen-bond donors (Lipinski definition) is 3. The summed E-state index contributed by atoms with van der Waals surface area (Å²) in [6.07, 6.45) is 3.89. The molecule has 14 heteroatoms. The van der Waals surface area contributed by atoms with Gasteiger partial charge < -0.3 is 20.2 Å². The lowest BCUT2D eigenvalue weighted by molar-refractivity contribution is -0.140. The number of carboxylic acid groups (broad SMARTS) is 2. The maximum atomic E-state index is 13.3. The van der Waals surface area contributed by atoms with E-state index in [2.05, 4.69) is 4.90 Å². The number of hydrogen-bond acceptors (Lipinski definition) is 10. The second-order valence-corrected chi connectivity index (χ2v) is 12.4. The van der Waals surface area contributed by atoms with Crippen molar-refractivity contribution in [2.24, 2.45) is 0 Å². The van der Waals surface area contributed by atoms with Crippen molar-refractivity contribution in [1.82, 2.24) is 9.47 Å². The first-order valence-corrected chi connectivity index (χ1v) is 14.8. The standard InChI is InChI=1S/C26H21N3O7S4/c30-11-3-10-27-18(38-16-7-6-14-4-1-2-5-15(14)21(16)27)9-8-17-23(35)28(12-19(31)32)25(39-17)22-24(36)29(13-20(33)34)26(37)40-22/h1-2,4-9,30H,3,10-13H2,(H,31,32)(H,33,34). The zero-order valence-corrected chi connectivity index (χ0v) is 23.9. The van der Waals surface area contributed by atoms with Gasteiger partial charge in [0.2, 0.25) is 0 Å². The molecule has 206 valence electrons. The first-order valence-electron chi connectivity index (χ1n) is 11.9. The number of carboxylic acids is 2. The molecule has 2 aliphatic rings. The van der Waals surface area contributed by atoms with Gasteiger partial charge in [-0.3, -0.25) is 28.6 Å². The van der Waals surface area contributed by atoms with E-state index in [1.165, 1.54) is 11.8 Å². The molecule has 10 nitrogen and oxygen atoms in total. The Morgan fingerprint density at radius 3 is 2.42 bits per heavy atom. The average molecular weight is 616 g/mol. The van der Waals surface area contributed by atoms with Crippen molar-refractivity contribution >= 4 is 96.7 Å². The van der Waals surface area contributed by atoms with Crippen LogP contribution in [0.2, 0.25) is 0 Å². The molecule has 2 aromatic carbocycles. The summed E-state index contributed by atoms with van der Waals surface area (Å²) in [5.74, 6) is -3.21. The van der Waals surface area contributed by atoms with Gasteiger partial charge in [0, 0.05) is 23.4 Å². The monoisotopic (exact) mass is 615 g/mol. The second kappa shape index (κ2) is 11.6. The van der Waals surface area contributed by atoms with Gasteiger partial charge in [-0.05, 0) is 30.0 Å². The fourth-order valence-corrected chi connectivity index (χ4v) is 7.94. The lowest BCUT2D eigenvalue weighted by Gasteiger charge is -2.21. The molecular formula is C26H21N3O7S4. The Bertz CT molecular complexity index is 1790. The number of thiocarbonyl (C=S) groups is 1. The van der Waals surface area contributed by atoms with Gasteiger partial charge in [0.1, 0.15) is 27.0 Å². The summed E-state index contributed by atoms with van der Waals surface area (Å²) in [6, 6.07) is 12.1. The molecule has 3 heterocycles. The van der Waals surface area contributed by atoms with E-state index in [0.717, 1.165) is 59.0 Å². The van der Waals surface area contributed by atoms with Gasteiger partial charge in [-0.2, -0.15) is 0 Å². The van der Waals surface area contributed by atoms with Crippen molar-refractivity contribution in [1.29, 1.82) is 0 Å². The summed E-state index contributed by atoms with van der Waals surface area (Å²) >= 11 is 8.47. The van der Waals surface area contributed by atoms with Crippen LogP contribution < -0.4 is 19.7 Å². The molecule has 0 aliphatic carbocycles. The zero-order chi connectivity index (χ0) is 28.6. The van der Waals surface area contributed by atoms with Crippen LogP contribution in [0.1, 0.15) is 6.42 Å². The van der Waals surface area contributed by atoms with Crippen LogP contribution >= 0.6 is 47.1 Å². The number of thiazole rings is 1. The smallest absolute Gasteiger partial charge is 0.323 e. The van der Waals surface area contributed by atoms with E-state index in [-0.39, 0.29) is 25.0 Å². The number of aromatic nitrogens is 1. The van der Waals surface area contributed by atoms with Gasteiger partial charge in [0.15, 0.2) is 0 Å². The molecule has 3 N–H and O–H groups in total. The SMILES string of the molecule is O=C(O)CN1C(=O)C(=c2sc(=CC=C3Sc4ccc5ccccc5c4N3CCCO)c(=O)n2CC(=O)O)SC1=S. The summed E-state index contributed by atoms with van der Waals surface area (Å²) in [5.41, 5.74) is 0.428. The maximum Gasteiger partial charge on any atom is 0.323 e. The van der Waals surface area contributed by atoms with E-state index in [1.807, 2.05) is 36.4 Å². The molecule has 0 unspecified atom stereocenters. The molecule has 0 bridgehead atoms. The van der Waals surface area contributed by atoms with Crippen LogP contribution in [0.25, 0.3) is 21.8 Å². The zero-order valence-electron chi connectivity index (χ0n) is 20.6. The Kier molecular flexibility index (Phi) is 8.14. The van der Waals surface area contributed by atoms with Gasteiger partial charge in [0.25, 0.3) is 11.5 Å². The normalized spacial score (nSPS) is 17.9. The van der Waals surface area contributed by atoms with Crippen molar-refractivity contribution in [3.63, 3.8) is 0 Å². The van der Waals surface area contributed by atoms with Gasteiger partial charge >= 0.3 is 11.9 Å². The van der Waals surface area contributed by atoms with Crippen LogP contribution in [0.5, 0.6) is 0 Å². The summed E-state index contributed by atoms with van der Waals surface area (Å²) in [6.45, 7) is -0.753. The Morgan fingerprint density at radius 1 is 0.950 bits per heavy atom. The molecule has 0 radical (unpaired) electrons. The number of carbonyl (C=O) groups is 3. The number of fused-ring (bicyclic) bond motifs is 3. The fourth-order valence-electron chi connectivity index (χ4n) is 4.38. The molecule has 5 rings (SSSR count). The summed E-state index contributed by atoms with van der Waals surface area (Å²) in [5, 5.41) is 31.0.